The third kappa shape index (κ3) is 3.43. The molecule has 0 saturated carbocycles. The third-order valence-corrected chi connectivity index (χ3v) is 4.57. The molecule has 0 bridgehead atoms. The molecule has 150 valence electrons. The Morgan fingerprint density at radius 1 is 1.10 bits per heavy atom. The molecule has 0 aliphatic rings. The molecule has 4 rings (SSSR count). The number of carbonyl (C=O) groups excluding carboxylic acids is 1. The average Bonchev–Trinajstić information content (AvgIpc) is 3.14. The van der Waals surface area contributed by atoms with Gasteiger partial charge in [-0.05, 0) is 36.8 Å². The van der Waals surface area contributed by atoms with Gasteiger partial charge in [0.2, 0.25) is 11.8 Å². The molecule has 2 heterocycles. The first kappa shape index (κ1) is 19.4. The molecule has 0 atom stereocenters. The van der Waals surface area contributed by atoms with Crippen LogP contribution in [-0.4, -0.2) is 21.0 Å². The number of carbonyl (C=O) groups is 1. The molecule has 30 heavy (non-hydrogen) atoms. The molecule has 2 aromatic heterocycles. The number of aryl methyl sites for hydroxylation is 1. The van der Waals surface area contributed by atoms with E-state index in [1.54, 1.807) is 18.2 Å². The van der Waals surface area contributed by atoms with Gasteiger partial charge in [-0.3, -0.25) is 4.79 Å². The fourth-order valence-electron chi connectivity index (χ4n) is 3.21. The quantitative estimate of drug-likeness (QED) is 0.473. The lowest BCUT2D eigenvalue weighted by Gasteiger charge is -2.21. The summed E-state index contributed by atoms with van der Waals surface area (Å²) in [5.41, 5.74) is 2.20. The lowest BCUT2D eigenvalue weighted by molar-refractivity contribution is -0.116. The lowest BCUT2D eigenvalue weighted by Crippen LogP contribution is -2.23. The van der Waals surface area contributed by atoms with Crippen molar-refractivity contribution >= 4 is 17.5 Å². The van der Waals surface area contributed by atoms with Crippen molar-refractivity contribution in [3.05, 3.63) is 78.3 Å². The van der Waals surface area contributed by atoms with E-state index in [1.807, 2.05) is 19.1 Å². The monoisotopic (exact) mass is 406 g/mol. The zero-order valence-corrected chi connectivity index (χ0v) is 16.1. The van der Waals surface area contributed by atoms with Gasteiger partial charge in [0.25, 0.3) is 0 Å². The van der Waals surface area contributed by atoms with Crippen LogP contribution in [0.2, 0.25) is 0 Å². The van der Waals surface area contributed by atoms with Crippen molar-refractivity contribution in [1.82, 2.24) is 15.1 Å². The summed E-state index contributed by atoms with van der Waals surface area (Å²) >= 11 is 0. The first-order valence-corrected chi connectivity index (χ1v) is 9.05. The van der Waals surface area contributed by atoms with Crippen molar-refractivity contribution in [2.45, 2.75) is 13.8 Å². The fraction of sp³-hybridized carbons (Fsp3) is 0.0909. The van der Waals surface area contributed by atoms with Gasteiger partial charge in [-0.15, -0.1) is 0 Å². The van der Waals surface area contributed by atoms with Gasteiger partial charge in [-0.2, -0.15) is 0 Å². The van der Waals surface area contributed by atoms with Gasteiger partial charge >= 0.3 is 0 Å². The topological polar surface area (TPSA) is 72.1 Å². The molecule has 1 amide bonds. The van der Waals surface area contributed by atoms with Gasteiger partial charge in [-0.25, -0.2) is 23.6 Å². The molecule has 8 heteroatoms. The van der Waals surface area contributed by atoms with Gasteiger partial charge in [0.1, 0.15) is 23.7 Å². The molecule has 0 aliphatic carbocycles. The Bertz CT molecular complexity index is 1230. The molecule has 0 aliphatic heterocycles. The SMILES string of the molecule is CC(=O)N(c1ccccc1C)c1onc(-c2ccc(F)cc2F)c1-c1ccncn1. The van der Waals surface area contributed by atoms with Gasteiger partial charge in [0, 0.05) is 24.8 Å². The molecule has 0 saturated heterocycles. The Hall–Kier alpha value is -3.94. The zero-order valence-electron chi connectivity index (χ0n) is 16.1. The Morgan fingerprint density at radius 2 is 1.90 bits per heavy atom. The van der Waals surface area contributed by atoms with E-state index in [0.29, 0.717) is 16.9 Å². The van der Waals surface area contributed by atoms with E-state index in [4.69, 9.17) is 4.52 Å². The molecule has 0 radical (unpaired) electrons. The second-order valence-electron chi connectivity index (χ2n) is 6.57. The average molecular weight is 406 g/mol. The van der Waals surface area contributed by atoms with Crippen LogP contribution in [0.1, 0.15) is 12.5 Å². The summed E-state index contributed by atoms with van der Waals surface area (Å²) in [7, 11) is 0. The summed E-state index contributed by atoms with van der Waals surface area (Å²) in [5.74, 6) is -1.78. The van der Waals surface area contributed by atoms with Crippen LogP contribution in [0.4, 0.5) is 20.4 Å². The van der Waals surface area contributed by atoms with E-state index in [-0.39, 0.29) is 23.0 Å². The van der Waals surface area contributed by atoms with Gasteiger partial charge in [0.05, 0.1) is 16.9 Å². The number of halogens is 2. The van der Waals surface area contributed by atoms with Gasteiger partial charge in [0.15, 0.2) is 0 Å². The van der Waals surface area contributed by atoms with E-state index in [9.17, 15) is 13.6 Å². The highest BCUT2D eigenvalue weighted by Crippen LogP contribution is 2.42. The number of hydrogen-bond acceptors (Lipinski definition) is 5. The molecule has 0 spiro atoms. The minimum Gasteiger partial charge on any atom is -0.336 e. The van der Waals surface area contributed by atoms with Crippen LogP contribution >= 0.6 is 0 Å². The summed E-state index contributed by atoms with van der Waals surface area (Å²) in [4.78, 5) is 22.1. The standard InChI is InChI=1S/C22H16F2N4O2/c1-13-5-3-4-6-19(13)28(14(2)29)22-20(18-9-10-25-12-26-18)21(27-30-22)16-8-7-15(23)11-17(16)24/h3-12H,1-2H3. The van der Waals surface area contributed by atoms with Crippen LogP contribution < -0.4 is 4.90 Å². The number of para-hydroxylation sites is 1. The van der Waals surface area contributed by atoms with E-state index in [0.717, 1.165) is 17.7 Å². The molecule has 0 N–H and O–H groups in total. The van der Waals surface area contributed by atoms with Crippen molar-refractivity contribution in [1.29, 1.82) is 0 Å². The van der Waals surface area contributed by atoms with Crippen LogP contribution in [0, 0.1) is 18.6 Å². The third-order valence-electron chi connectivity index (χ3n) is 4.57. The number of rotatable bonds is 4. The maximum Gasteiger partial charge on any atom is 0.248 e. The molecule has 0 unspecified atom stereocenters. The Morgan fingerprint density at radius 3 is 2.57 bits per heavy atom. The highest BCUT2D eigenvalue weighted by molar-refractivity contribution is 6.03. The minimum absolute atomic E-state index is 0.0216. The summed E-state index contributed by atoms with van der Waals surface area (Å²) < 4.78 is 33.5. The molecule has 4 aromatic rings. The molecule has 2 aromatic carbocycles. The van der Waals surface area contributed by atoms with E-state index in [1.165, 1.54) is 30.4 Å². The Kier molecular flexibility index (Phi) is 5.05. The van der Waals surface area contributed by atoms with Crippen molar-refractivity contribution in [3.63, 3.8) is 0 Å². The highest BCUT2D eigenvalue weighted by atomic mass is 19.1. The smallest absolute Gasteiger partial charge is 0.248 e. The van der Waals surface area contributed by atoms with E-state index in [2.05, 4.69) is 15.1 Å². The van der Waals surface area contributed by atoms with Crippen LogP contribution in [-0.2, 0) is 4.79 Å². The van der Waals surface area contributed by atoms with Crippen molar-refractivity contribution in [2.75, 3.05) is 4.90 Å². The first-order valence-electron chi connectivity index (χ1n) is 9.05. The van der Waals surface area contributed by atoms with E-state index < -0.39 is 11.6 Å². The molecule has 0 fully saturated rings. The van der Waals surface area contributed by atoms with Crippen molar-refractivity contribution in [3.8, 4) is 22.5 Å². The normalized spacial score (nSPS) is 10.8. The van der Waals surface area contributed by atoms with Gasteiger partial charge in [-0.1, -0.05) is 23.4 Å². The minimum atomic E-state index is -0.810. The van der Waals surface area contributed by atoms with Crippen molar-refractivity contribution < 1.29 is 18.1 Å². The number of hydrogen-bond donors (Lipinski definition) is 0. The number of nitrogens with zero attached hydrogens (tertiary/aromatic N) is 4. The summed E-state index contributed by atoms with van der Waals surface area (Å²) in [5, 5.41) is 4.02. The second-order valence-corrected chi connectivity index (χ2v) is 6.57. The summed E-state index contributed by atoms with van der Waals surface area (Å²) in [6.07, 6.45) is 2.83. The fourth-order valence-corrected chi connectivity index (χ4v) is 3.21. The van der Waals surface area contributed by atoms with Crippen LogP contribution in [0.5, 0.6) is 0 Å². The van der Waals surface area contributed by atoms with Crippen LogP contribution in [0.15, 0.2) is 65.6 Å². The van der Waals surface area contributed by atoms with Crippen LogP contribution in [0.25, 0.3) is 22.5 Å². The number of anilines is 2. The molecular formula is C22H16F2N4O2. The first-order chi connectivity index (χ1) is 14.5. The number of amides is 1. The van der Waals surface area contributed by atoms with Crippen LogP contribution in [0.3, 0.4) is 0 Å². The zero-order chi connectivity index (χ0) is 21.3. The highest BCUT2D eigenvalue weighted by Gasteiger charge is 2.30. The maximum absolute atomic E-state index is 14.6. The summed E-state index contributed by atoms with van der Waals surface area (Å²) in [6, 6.07) is 12.0. The number of aromatic nitrogens is 3. The predicted molar refractivity (Wildman–Crippen MR) is 107 cm³/mol. The van der Waals surface area contributed by atoms with Crippen molar-refractivity contribution in [2.24, 2.45) is 0 Å². The summed E-state index contributed by atoms with van der Waals surface area (Å²) in [6.45, 7) is 3.24. The predicted octanol–water partition coefficient (Wildman–Crippen LogP) is 5.07. The molecule has 6 nitrogen and oxygen atoms in total. The Labute approximate surface area is 170 Å². The molecular weight excluding hydrogens is 390 g/mol. The Balaban J connectivity index is 2.00. The largest absolute Gasteiger partial charge is 0.336 e. The maximum atomic E-state index is 14.6. The second kappa shape index (κ2) is 7.82. The lowest BCUT2D eigenvalue weighted by atomic mass is 10.0. The van der Waals surface area contributed by atoms with Gasteiger partial charge < -0.3 is 4.52 Å². The van der Waals surface area contributed by atoms with E-state index >= 15 is 0 Å². The number of benzene rings is 2.